The highest BCUT2D eigenvalue weighted by molar-refractivity contribution is 6.31. The molecule has 0 saturated heterocycles. The van der Waals surface area contributed by atoms with Crippen molar-refractivity contribution in [3.63, 3.8) is 0 Å². The van der Waals surface area contributed by atoms with Gasteiger partial charge in [0.25, 0.3) is 11.6 Å². The van der Waals surface area contributed by atoms with Crippen molar-refractivity contribution < 1.29 is 14.1 Å². The number of halogens is 2. The minimum Gasteiger partial charge on any atom is -0.316 e. The largest absolute Gasteiger partial charge is 0.316 e. The van der Waals surface area contributed by atoms with Gasteiger partial charge in [0.05, 0.1) is 4.92 Å². The van der Waals surface area contributed by atoms with Crippen molar-refractivity contribution in [1.82, 2.24) is 0 Å². The normalized spacial score (nSPS) is 10.1. The summed E-state index contributed by atoms with van der Waals surface area (Å²) in [7, 11) is 0. The Bertz CT molecular complexity index is 674. The van der Waals surface area contributed by atoms with E-state index in [1.54, 1.807) is 0 Å². The molecule has 1 amide bonds. The lowest BCUT2D eigenvalue weighted by molar-refractivity contribution is -0.383. The second-order valence-electron chi connectivity index (χ2n) is 3.88. The zero-order valence-electron chi connectivity index (χ0n) is 9.97. The van der Waals surface area contributed by atoms with E-state index >= 15 is 0 Å². The molecule has 0 aliphatic rings. The quantitative estimate of drug-likeness (QED) is 0.694. The summed E-state index contributed by atoms with van der Waals surface area (Å²) in [5.41, 5.74) is -0.109. The molecule has 102 valence electrons. The van der Waals surface area contributed by atoms with E-state index in [0.717, 1.165) is 12.1 Å². The molecular weight excluding hydrogens is 287 g/mol. The molecule has 0 unspecified atom stereocenters. The van der Waals surface area contributed by atoms with Crippen LogP contribution in [0.5, 0.6) is 0 Å². The van der Waals surface area contributed by atoms with Crippen molar-refractivity contribution >= 4 is 28.9 Å². The molecule has 0 aliphatic carbocycles. The van der Waals surface area contributed by atoms with E-state index in [9.17, 15) is 19.3 Å². The number of hydrogen-bond donors (Lipinski definition) is 1. The van der Waals surface area contributed by atoms with Crippen molar-refractivity contribution in [1.29, 1.82) is 0 Å². The molecule has 0 spiro atoms. The predicted molar refractivity (Wildman–Crippen MR) is 72.5 cm³/mol. The van der Waals surface area contributed by atoms with E-state index in [4.69, 9.17) is 11.6 Å². The van der Waals surface area contributed by atoms with Gasteiger partial charge in [0.1, 0.15) is 11.5 Å². The predicted octanol–water partition coefficient (Wildman–Crippen LogP) is 3.64. The van der Waals surface area contributed by atoms with Crippen LogP contribution in [0.15, 0.2) is 42.5 Å². The Morgan fingerprint density at radius 2 is 1.85 bits per heavy atom. The van der Waals surface area contributed by atoms with Gasteiger partial charge >= 0.3 is 0 Å². The summed E-state index contributed by atoms with van der Waals surface area (Å²) in [5, 5.41) is 13.5. The number of carbonyl (C=O) groups excluding carboxylic acids is 1. The van der Waals surface area contributed by atoms with E-state index in [0.29, 0.717) is 0 Å². The Balaban J connectivity index is 2.29. The summed E-state index contributed by atoms with van der Waals surface area (Å²) >= 11 is 5.75. The number of nitrogens with zero attached hydrogens (tertiary/aromatic N) is 1. The number of amides is 1. The van der Waals surface area contributed by atoms with Crippen LogP contribution in [0.1, 0.15) is 10.4 Å². The number of nitro groups is 1. The van der Waals surface area contributed by atoms with Crippen molar-refractivity contribution in [2.75, 3.05) is 5.32 Å². The molecule has 1 N–H and O–H groups in total. The van der Waals surface area contributed by atoms with Crippen molar-refractivity contribution in [3.05, 3.63) is 69.0 Å². The second-order valence-corrected chi connectivity index (χ2v) is 4.32. The zero-order chi connectivity index (χ0) is 14.7. The average Bonchev–Trinajstić information content (AvgIpc) is 2.39. The smallest absolute Gasteiger partial charge is 0.292 e. The van der Waals surface area contributed by atoms with Crippen LogP contribution in [-0.2, 0) is 0 Å². The molecule has 2 rings (SSSR count). The van der Waals surface area contributed by atoms with Crippen LogP contribution in [0.3, 0.4) is 0 Å². The average molecular weight is 295 g/mol. The number of benzene rings is 2. The van der Waals surface area contributed by atoms with Gasteiger partial charge in [-0.1, -0.05) is 11.6 Å². The van der Waals surface area contributed by atoms with E-state index in [2.05, 4.69) is 5.32 Å². The molecule has 7 heteroatoms. The van der Waals surface area contributed by atoms with Crippen molar-refractivity contribution in [2.24, 2.45) is 0 Å². The topological polar surface area (TPSA) is 72.2 Å². The summed E-state index contributed by atoms with van der Waals surface area (Å²) in [6, 6.07) is 8.64. The summed E-state index contributed by atoms with van der Waals surface area (Å²) in [6.45, 7) is 0. The van der Waals surface area contributed by atoms with Gasteiger partial charge in [-0.25, -0.2) is 4.39 Å². The maximum atomic E-state index is 12.8. The minimum absolute atomic E-state index is 0.0168. The van der Waals surface area contributed by atoms with Crippen molar-refractivity contribution in [3.8, 4) is 0 Å². The van der Waals surface area contributed by atoms with Gasteiger partial charge in [0.2, 0.25) is 0 Å². The summed E-state index contributed by atoms with van der Waals surface area (Å²) in [4.78, 5) is 22.1. The molecule has 0 aromatic heterocycles. The SMILES string of the molecule is O=C(Nc1cc(Cl)ccc1[N+](=O)[O-])c1ccc(F)cc1. The first-order valence-corrected chi connectivity index (χ1v) is 5.86. The zero-order valence-corrected chi connectivity index (χ0v) is 10.7. The molecule has 0 heterocycles. The van der Waals surface area contributed by atoms with E-state index in [1.165, 1.54) is 30.3 Å². The van der Waals surface area contributed by atoms with Gasteiger partial charge in [-0.05, 0) is 36.4 Å². The van der Waals surface area contributed by atoms with E-state index < -0.39 is 16.6 Å². The van der Waals surface area contributed by atoms with Crippen LogP contribution in [0.25, 0.3) is 0 Å². The van der Waals surface area contributed by atoms with Gasteiger partial charge in [-0.2, -0.15) is 0 Å². The Hall–Kier alpha value is -2.47. The molecule has 20 heavy (non-hydrogen) atoms. The Morgan fingerprint density at radius 3 is 2.45 bits per heavy atom. The van der Waals surface area contributed by atoms with Gasteiger partial charge in [-0.3, -0.25) is 14.9 Å². The van der Waals surface area contributed by atoms with Crippen molar-refractivity contribution in [2.45, 2.75) is 0 Å². The van der Waals surface area contributed by atoms with Crippen LogP contribution < -0.4 is 5.32 Å². The molecule has 5 nitrogen and oxygen atoms in total. The Morgan fingerprint density at radius 1 is 1.20 bits per heavy atom. The maximum Gasteiger partial charge on any atom is 0.292 e. The fourth-order valence-corrected chi connectivity index (χ4v) is 1.74. The number of hydrogen-bond acceptors (Lipinski definition) is 3. The fraction of sp³-hybridized carbons (Fsp3) is 0. The first-order chi connectivity index (χ1) is 9.47. The monoisotopic (exact) mass is 294 g/mol. The van der Waals surface area contributed by atoms with Gasteiger partial charge in [0.15, 0.2) is 0 Å². The third-order valence-electron chi connectivity index (χ3n) is 2.51. The number of rotatable bonds is 3. The number of carbonyl (C=O) groups is 1. The summed E-state index contributed by atoms with van der Waals surface area (Å²) < 4.78 is 12.8. The number of nitrogens with one attached hydrogen (secondary N) is 1. The van der Waals surface area contributed by atoms with Crippen LogP contribution in [0.4, 0.5) is 15.8 Å². The maximum absolute atomic E-state index is 12.8. The molecule has 0 bridgehead atoms. The molecule has 2 aromatic carbocycles. The highest BCUT2D eigenvalue weighted by atomic mass is 35.5. The van der Waals surface area contributed by atoms with E-state index in [1.807, 2.05) is 0 Å². The van der Waals surface area contributed by atoms with E-state index in [-0.39, 0.29) is 22.0 Å². The number of nitro benzene ring substituents is 1. The Labute approximate surface area is 118 Å². The first kappa shape index (κ1) is 14.0. The van der Waals surface area contributed by atoms with Gasteiger partial charge < -0.3 is 5.32 Å². The van der Waals surface area contributed by atoms with Crippen LogP contribution in [-0.4, -0.2) is 10.8 Å². The molecule has 2 aromatic rings. The van der Waals surface area contributed by atoms with Crippen LogP contribution in [0.2, 0.25) is 5.02 Å². The molecule has 0 fully saturated rings. The third-order valence-corrected chi connectivity index (χ3v) is 2.75. The summed E-state index contributed by atoms with van der Waals surface area (Å²) in [5.74, 6) is -1.06. The lowest BCUT2D eigenvalue weighted by atomic mass is 10.2. The molecule has 0 atom stereocenters. The molecule has 0 radical (unpaired) electrons. The summed E-state index contributed by atoms with van der Waals surface area (Å²) in [6.07, 6.45) is 0. The molecule has 0 aliphatic heterocycles. The molecular formula is C13H8ClFN2O3. The van der Waals surface area contributed by atoms with Gasteiger partial charge in [0, 0.05) is 16.7 Å². The minimum atomic E-state index is -0.628. The highest BCUT2D eigenvalue weighted by Gasteiger charge is 2.17. The van der Waals surface area contributed by atoms with Crippen LogP contribution >= 0.6 is 11.6 Å². The molecule has 0 saturated carbocycles. The Kier molecular flexibility index (Phi) is 3.95. The second kappa shape index (κ2) is 5.66. The fourth-order valence-electron chi connectivity index (χ4n) is 1.56. The lowest BCUT2D eigenvalue weighted by Gasteiger charge is -2.06. The third kappa shape index (κ3) is 3.10. The van der Waals surface area contributed by atoms with Gasteiger partial charge in [-0.15, -0.1) is 0 Å². The standard InChI is InChI=1S/C13H8ClFN2O3/c14-9-3-6-12(17(19)20)11(7-9)16-13(18)8-1-4-10(15)5-2-8/h1-7H,(H,16,18). The number of anilines is 1. The van der Waals surface area contributed by atoms with Crippen LogP contribution in [0, 0.1) is 15.9 Å². The lowest BCUT2D eigenvalue weighted by Crippen LogP contribution is -2.13. The first-order valence-electron chi connectivity index (χ1n) is 5.48. The highest BCUT2D eigenvalue weighted by Crippen LogP contribution is 2.28.